The van der Waals surface area contributed by atoms with Crippen molar-refractivity contribution in [1.82, 2.24) is 15.2 Å². The van der Waals surface area contributed by atoms with Crippen LogP contribution in [0.1, 0.15) is 0 Å². The van der Waals surface area contributed by atoms with Gasteiger partial charge < -0.3 is 0 Å². The minimum atomic E-state index is -3.81. The van der Waals surface area contributed by atoms with Crippen LogP contribution >= 0.6 is 0 Å². The van der Waals surface area contributed by atoms with Crippen LogP contribution in [0.4, 0.5) is 0 Å². The molecular weight excluding hydrogens is 228 g/mol. The van der Waals surface area contributed by atoms with Crippen LogP contribution in [-0.4, -0.2) is 23.6 Å². The first-order valence-electron chi connectivity index (χ1n) is 4.35. The van der Waals surface area contributed by atoms with Gasteiger partial charge in [0.15, 0.2) is 0 Å². The molecule has 0 aliphatic heterocycles. The van der Waals surface area contributed by atoms with Gasteiger partial charge in [-0.15, -0.1) is 5.10 Å². The minimum absolute atomic E-state index is 0.0597. The predicted molar refractivity (Wildman–Crippen MR) is 56.6 cm³/mol. The van der Waals surface area contributed by atoms with Gasteiger partial charge in [0.2, 0.25) is 10.0 Å². The molecular formula is C9H8N4O2S. The molecule has 0 saturated heterocycles. The van der Waals surface area contributed by atoms with Crippen molar-refractivity contribution in [3.63, 3.8) is 0 Å². The number of nitrogens with zero attached hydrogens (tertiary/aromatic N) is 3. The fourth-order valence-corrected chi connectivity index (χ4v) is 1.94. The Morgan fingerprint density at radius 2 is 1.88 bits per heavy atom. The standard InChI is InChI=1S/C9H8N4O2S/c10-16(14,15)8-4-2-5-11-9(8)7-3-1-6-12-13-7/h1-6H,(H2,10,14,15). The zero-order valence-electron chi connectivity index (χ0n) is 8.11. The quantitative estimate of drug-likeness (QED) is 0.802. The first-order chi connectivity index (χ1) is 7.59. The summed E-state index contributed by atoms with van der Waals surface area (Å²) in [5.41, 5.74) is 0.574. The highest BCUT2D eigenvalue weighted by Crippen LogP contribution is 2.20. The molecule has 2 heterocycles. The molecule has 16 heavy (non-hydrogen) atoms. The number of primary sulfonamides is 1. The van der Waals surface area contributed by atoms with Crippen molar-refractivity contribution in [3.8, 4) is 11.4 Å². The zero-order valence-corrected chi connectivity index (χ0v) is 8.92. The number of hydrogen-bond acceptors (Lipinski definition) is 5. The van der Waals surface area contributed by atoms with Crippen molar-refractivity contribution in [3.05, 3.63) is 36.7 Å². The third kappa shape index (κ3) is 2.05. The highest BCUT2D eigenvalue weighted by atomic mass is 32.2. The number of pyridine rings is 1. The Morgan fingerprint density at radius 1 is 1.12 bits per heavy atom. The van der Waals surface area contributed by atoms with E-state index in [1.165, 1.54) is 24.5 Å². The van der Waals surface area contributed by atoms with Crippen molar-refractivity contribution >= 4 is 10.0 Å². The van der Waals surface area contributed by atoms with Crippen LogP contribution in [0.2, 0.25) is 0 Å². The summed E-state index contributed by atoms with van der Waals surface area (Å²) in [5.74, 6) is 0. The third-order valence-corrected chi connectivity index (χ3v) is 2.83. The van der Waals surface area contributed by atoms with E-state index >= 15 is 0 Å². The Labute approximate surface area is 92.2 Å². The van der Waals surface area contributed by atoms with Crippen LogP contribution < -0.4 is 5.14 Å². The number of hydrogen-bond donors (Lipinski definition) is 1. The summed E-state index contributed by atoms with van der Waals surface area (Å²) < 4.78 is 22.6. The molecule has 0 amide bonds. The van der Waals surface area contributed by atoms with Crippen molar-refractivity contribution < 1.29 is 8.42 Å². The summed E-state index contributed by atoms with van der Waals surface area (Å²) in [6, 6.07) is 6.14. The number of rotatable bonds is 2. The van der Waals surface area contributed by atoms with Gasteiger partial charge >= 0.3 is 0 Å². The number of aromatic nitrogens is 3. The summed E-state index contributed by atoms with van der Waals surface area (Å²) in [6.45, 7) is 0. The van der Waals surface area contributed by atoms with E-state index in [0.29, 0.717) is 5.69 Å². The van der Waals surface area contributed by atoms with Gasteiger partial charge in [-0.25, -0.2) is 13.6 Å². The van der Waals surface area contributed by atoms with Gasteiger partial charge in [0.1, 0.15) is 16.3 Å². The van der Waals surface area contributed by atoms with Crippen molar-refractivity contribution in [1.29, 1.82) is 0 Å². The Balaban J connectivity index is 2.68. The molecule has 2 N–H and O–H groups in total. The van der Waals surface area contributed by atoms with Crippen LogP contribution in [0.25, 0.3) is 11.4 Å². The monoisotopic (exact) mass is 236 g/mol. The van der Waals surface area contributed by atoms with Gasteiger partial charge in [-0.3, -0.25) is 4.98 Å². The van der Waals surface area contributed by atoms with E-state index in [2.05, 4.69) is 15.2 Å². The summed E-state index contributed by atoms with van der Waals surface area (Å²) in [4.78, 5) is 3.89. The van der Waals surface area contributed by atoms with E-state index in [4.69, 9.17) is 5.14 Å². The molecule has 0 radical (unpaired) electrons. The lowest BCUT2D eigenvalue weighted by Gasteiger charge is -2.04. The maximum atomic E-state index is 11.3. The second-order valence-electron chi connectivity index (χ2n) is 3.00. The predicted octanol–water partition coefficient (Wildman–Crippen LogP) is 0.186. The van der Waals surface area contributed by atoms with Crippen LogP contribution in [0.3, 0.4) is 0 Å². The molecule has 0 spiro atoms. The van der Waals surface area contributed by atoms with E-state index in [1.54, 1.807) is 12.1 Å². The molecule has 2 rings (SSSR count). The molecule has 2 aromatic heterocycles. The minimum Gasteiger partial charge on any atom is -0.253 e. The van der Waals surface area contributed by atoms with Crippen LogP contribution in [0.5, 0.6) is 0 Å². The van der Waals surface area contributed by atoms with E-state index in [-0.39, 0.29) is 10.6 Å². The van der Waals surface area contributed by atoms with Crippen molar-refractivity contribution in [2.75, 3.05) is 0 Å². The molecule has 0 fully saturated rings. The van der Waals surface area contributed by atoms with Gasteiger partial charge in [-0.2, -0.15) is 5.10 Å². The van der Waals surface area contributed by atoms with E-state index < -0.39 is 10.0 Å². The maximum Gasteiger partial charge on any atom is 0.240 e. The Morgan fingerprint density at radius 3 is 2.50 bits per heavy atom. The van der Waals surface area contributed by atoms with Gasteiger partial charge in [0, 0.05) is 12.4 Å². The SMILES string of the molecule is NS(=O)(=O)c1cccnc1-c1cccnn1. The lowest BCUT2D eigenvalue weighted by Crippen LogP contribution is -2.14. The molecule has 0 aliphatic rings. The van der Waals surface area contributed by atoms with Gasteiger partial charge in [0.25, 0.3) is 0 Å². The number of nitrogens with two attached hydrogens (primary N) is 1. The lowest BCUT2D eigenvalue weighted by atomic mass is 10.2. The van der Waals surface area contributed by atoms with Crippen LogP contribution in [-0.2, 0) is 10.0 Å². The summed E-state index contributed by atoms with van der Waals surface area (Å²) in [6.07, 6.45) is 2.96. The van der Waals surface area contributed by atoms with E-state index in [1.807, 2.05) is 0 Å². The topological polar surface area (TPSA) is 98.8 Å². The van der Waals surface area contributed by atoms with E-state index in [9.17, 15) is 8.42 Å². The molecule has 0 unspecified atom stereocenters. The molecule has 0 saturated carbocycles. The Bertz CT molecular complexity index is 598. The lowest BCUT2D eigenvalue weighted by molar-refractivity contribution is 0.597. The summed E-state index contributed by atoms with van der Waals surface area (Å²) in [5, 5.41) is 12.5. The largest absolute Gasteiger partial charge is 0.253 e. The maximum absolute atomic E-state index is 11.3. The Hall–Kier alpha value is -1.86. The van der Waals surface area contributed by atoms with Crippen molar-refractivity contribution in [2.45, 2.75) is 4.90 Å². The Kier molecular flexibility index (Phi) is 2.63. The molecule has 6 nitrogen and oxygen atoms in total. The summed E-state index contributed by atoms with van der Waals surface area (Å²) >= 11 is 0. The average Bonchev–Trinajstić information content (AvgIpc) is 2.29. The molecule has 0 bridgehead atoms. The molecule has 0 aliphatic carbocycles. The molecule has 0 atom stereocenters. The van der Waals surface area contributed by atoms with Crippen molar-refractivity contribution in [2.24, 2.45) is 5.14 Å². The third-order valence-electron chi connectivity index (χ3n) is 1.89. The second-order valence-corrected chi connectivity index (χ2v) is 4.53. The molecule has 0 aromatic carbocycles. The van der Waals surface area contributed by atoms with Gasteiger partial charge in [-0.1, -0.05) is 0 Å². The average molecular weight is 236 g/mol. The fourth-order valence-electron chi connectivity index (χ4n) is 1.24. The van der Waals surface area contributed by atoms with Gasteiger partial charge in [-0.05, 0) is 24.3 Å². The fraction of sp³-hybridized carbons (Fsp3) is 0. The number of sulfonamides is 1. The molecule has 82 valence electrons. The normalized spacial score (nSPS) is 11.3. The highest BCUT2D eigenvalue weighted by molar-refractivity contribution is 7.89. The first kappa shape index (κ1) is 10.7. The van der Waals surface area contributed by atoms with E-state index in [0.717, 1.165) is 0 Å². The van der Waals surface area contributed by atoms with Crippen LogP contribution in [0.15, 0.2) is 41.6 Å². The second kappa shape index (κ2) is 3.95. The molecule has 7 heteroatoms. The van der Waals surface area contributed by atoms with Crippen LogP contribution in [0, 0.1) is 0 Å². The highest BCUT2D eigenvalue weighted by Gasteiger charge is 2.16. The zero-order chi connectivity index (χ0) is 11.6. The van der Waals surface area contributed by atoms with Gasteiger partial charge in [0.05, 0.1) is 0 Å². The smallest absolute Gasteiger partial charge is 0.240 e. The summed E-state index contributed by atoms with van der Waals surface area (Å²) in [7, 11) is -3.81. The first-order valence-corrected chi connectivity index (χ1v) is 5.89. The molecule has 2 aromatic rings.